The topological polar surface area (TPSA) is 69.0 Å². The fraction of sp³-hybridized carbons (Fsp3) is 0.192. The van der Waals surface area contributed by atoms with Gasteiger partial charge in [-0.25, -0.2) is 13.5 Å². The molecule has 0 saturated heterocycles. The molecular formula is C26H24F2N4O2. The van der Waals surface area contributed by atoms with Crippen LogP contribution in [0.15, 0.2) is 66.9 Å². The molecule has 34 heavy (non-hydrogen) atoms. The van der Waals surface area contributed by atoms with Crippen LogP contribution in [0.25, 0.3) is 5.69 Å². The molecule has 1 N–H and O–H groups in total. The van der Waals surface area contributed by atoms with Gasteiger partial charge >= 0.3 is 0 Å². The molecule has 2 aromatic carbocycles. The Kier molecular flexibility index (Phi) is 6.67. The van der Waals surface area contributed by atoms with Crippen LogP contribution >= 0.6 is 0 Å². The Morgan fingerprint density at radius 3 is 2.65 bits per heavy atom. The van der Waals surface area contributed by atoms with Gasteiger partial charge in [0.1, 0.15) is 23.9 Å². The van der Waals surface area contributed by atoms with Crippen molar-refractivity contribution in [2.45, 2.75) is 33.4 Å². The van der Waals surface area contributed by atoms with E-state index in [1.54, 1.807) is 20.0 Å². The normalized spacial score (nSPS) is 11.8. The molecule has 1 amide bonds. The lowest BCUT2D eigenvalue weighted by atomic mass is 10.1. The Morgan fingerprint density at radius 2 is 1.91 bits per heavy atom. The number of halogens is 2. The molecule has 0 radical (unpaired) electrons. The highest BCUT2D eigenvalue weighted by molar-refractivity contribution is 5.96. The first-order chi connectivity index (χ1) is 16.3. The second-order valence-electron chi connectivity index (χ2n) is 7.93. The van der Waals surface area contributed by atoms with Gasteiger partial charge in [0.05, 0.1) is 28.7 Å². The van der Waals surface area contributed by atoms with E-state index in [9.17, 15) is 13.6 Å². The van der Waals surface area contributed by atoms with E-state index in [0.717, 1.165) is 23.4 Å². The molecule has 174 valence electrons. The molecule has 0 aliphatic heterocycles. The Hall–Kier alpha value is -4.07. The molecule has 8 heteroatoms. The summed E-state index contributed by atoms with van der Waals surface area (Å²) in [6, 6.07) is 16.0. The van der Waals surface area contributed by atoms with Crippen LogP contribution in [0.3, 0.4) is 0 Å². The van der Waals surface area contributed by atoms with Crippen LogP contribution in [0, 0.1) is 25.5 Å². The number of aromatic nitrogens is 3. The molecule has 0 saturated carbocycles. The molecule has 1 unspecified atom stereocenters. The molecule has 6 nitrogen and oxygen atoms in total. The van der Waals surface area contributed by atoms with Crippen molar-refractivity contribution >= 4 is 5.91 Å². The third-order valence-corrected chi connectivity index (χ3v) is 5.47. The van der Waals surface area contributed by atoms with Crippen molar-refractivity contribution in [1.82, 2.24) is 20.1 Å². The number of nitrogens with zero attached hydrogens (tertiary/aromatic N) is 3. The van der Waals surface area contributed by atoms with Gasteiger partial charge in [0.2, 0.25) is 0 Å². The average molecular weight is 463 g/mol. The maximum atomic E-state index is 14.3. The molecule has 0 fully saturated rings. The molecule has 0 bridgehead atoms. The lowest BCUT2D eigenvalue weighted by Crippen LogP contribution is -2.27. The number of benzene rings is 2. The maximum Gasteiger partial charge on any atom is 0.255 e. The standard InChI is InChI=1S/C26H24F2N4O2/c1-16(19-7-6-9-22(13-19)34-15-21-8-4-5-12-29-21)30-26(33)25-17(2)31-32(18(25)3)24-11-10-20(27)14-23(24)28/h4-14,16H,15H2,1-3H3,(H,30,33). The monoisotopic (exact) mass is 462 g/mol. The van der Waals surface area contributed by atoms with Gasteiger partial charge in [0.25, 0.3) is 5.91 Å². The zero-order valence-corrected chi connectivity index (χ0v) is 19.0. The molecule has 4 rings (SSSR count). The van der Waals surface area contributed by atoms with E-state index in [0.29, 0.717) is 29.3 Å². The van der Waals surface area contributed by atoms with Gasteiger partial charge in [-0.2, -0.15) is 5.10 Å². The predicted molar refractivity (Wildman–Crippen MR) is 124 cm³/mol. The van der Waals surface area contributed by atoms with E-state index in [1.807, 2.05) is 49.4 Å². The summed E-state index contributed by atoms with van der Waals surface area (Å²) in [5, 5.41) is 7.28. The van der Waals surface area contributed by atoms with E-state index >= 15 is 0 Å². The van der Waals surface area contributed by atoms with Crippen LogP contribution in [-0.4, -0.2) is 20.7 Å². The Bertz CT molecular complexity index is 1320. The van der Waals surface area contributed by atoms with Crippen LogP contribution < -0.4 is 10.1 Å². The number of hydrogen-bond donors (Lipinski definition) is 1. The summed E-state index contributed by atoms with van der Waals surface area (Å²) in [7, 11) is 0. The summed E-state index contributed by atoms with van der Waals surface area (Å²) < 4.78 is 34.7. The summed E-state index contributed by atoms with van der Waals surface area (Å²) in [5.74, 6) is -1.11. The van der Waals surface area contributed by atoms with Crippen molar-refractivity contribution in [1.29, 1.82) is 0 Å². The van der Waals surface area contributed by atoms with Crippen LogP contribution in [0.4, 0.5) is 8.78 Å². The first kappa shape index (κ1) is 23.1. The minimum absolute atomic E-state index is 0.0758. The highest BCUT2D eigenvalue weighted by Crippen LogP contribution is 2.23. The second kappa shape index (κ2) is 9.82. The molecule has 4 aromatic rings. The number of aryl methyl sites for hydroxylation is 1. The van der Waals surface area contributed by atoms with Crippen molar-refractivity contribution in [2.75, 3.05) is 0 Å². The van der Waals surface area contributed by atoms with Crippen molar-refractivity contribution in [2.24, 2.45) is 0 Å². The molecule has 0 spiro atoms. The van der Waals surface area contributed by atoms with E-state index in [1.165, 1.54) is 10.7 Å². The fourth-order valence-corrected chi connectivity index (χ4v) is 3.73. The van der Waals surface area contributed by atoms with Gasteiger partial charge < -0.3 is 10.1 Å². The smallest absolute Gasteiger partial charge is 0.255 e. The lowest BCUT2D eigenvalue weighted by Gasteiger charge is -2.16. The zero-order chi connectivity index (χ0) is 24.2. The van der Waals surface area contributed by atoms with Crippen molar-refractivity contribution in [3.05, 3.63) is 107 Å². The number of carbonyl (C=O) groups is 1. The summed E-state index contributed by atoms with van der Waals surface area (Å²) in [4.78, 5) is 17.3. The predicted octanol–water partition coefficient (Wildman–Crippen LogP) is 5.23. The molecule has 0 aliphatic rings. The highest BCUT2D eigenvalue weighted by Gasteiger charge is 2.22. The minimum atomic E-state index is -0.756. The van der Waals surface area contributed by atoms with E-state index < -0.39 is 11.6 Å². The van der Waals surface area contributed by atoms with Crippen LogP contribution in [0.1, 0.15) is 46.0 Å². The first-order valence-corrected chi connectivity index (χ1v) is 10.8. The summed E-state index contributed by atoms with van der Waals surface area (Å²) in [6.45, 7) is 5.55. The lowest BCUT2D eigenvalue weighted by molar-refractivity contribution is 0.0938. The van der Waals surface area contributed by atoms with Crippen LogP contribution in [0.2, 0.25) is 0 Å². The number of ether oxygens (including phenoxy) is 1. The third-order valence-electron chi connectivity index (χ3n) is 5.47. The van der Waals surface area contributed by atoms with Crippen LogP contribution in [-0.2, 0) is 6.61 Å². The third kappa shape index (κ3) is 4.96. The summed E-state index contributed by atoms with van der Waals surface area (Å²) in [6.07, 6.45) is 1.71. The summed E-state index contributed by atoms with van der Waals surface area (Å²) in [5.41, 5.74) is 3.00. The minimum Gasteiger partial charge on any atom is -0.487 e. The average Bonchev–Trinajstić information content (AvgIpc) is 3.12. The first-order valence-electron chi connectivity index (χ1n) is 10.8. The highest BCUT2D eigenvalue weighted by atomic mass is 19.1. The zero-order valence-electron chi connectivity index (χ0n) is 19.0. The Labute approximate surface area is 196 Å². The van der Waals surface area contributed by atoms with Gasteiger partial charge in [0, 0.05) is 12.3 Å². The van der Waals surface area contributed by atoms with Crippen molar-refractivity contribution in [3.63, 3.8) is 0 Å². The van der Waals surface area contributed by atoms with Gasteiger partial charge in [-0.15, -0.1) is 0 Å². The van der Waals surface area contributed by atoms with Gasteiger partial charge in [-0.3, -0.25) is 9.78 Å². The van der Waals surface area contributed by atoms with Gasteiger partial charge in [-0.05, 0) is 62.7 Å². The van der Waals surface area contributed by atoms with E-state index in [-0.39, 0.29) is 17.6 Å². The second-order valence-corrected chi connectivity index (χ2v) is 7.93. The van der Waals surface area contributed by atoms with E-state index in [2.05, 4.69) is 15.4 Å². The largest absolute Gasteiger partial charge is 0.487 e. The molecular weight excluding hydrogens is 438 g/mol. The van der Waals surface area contributed by atoms with Gasteiger partial charge in [0.15, 0.2) is 5.82 Å². The fourth-order valence-electron chi connectivity index (χ4n) is 3.73. The molecule has 0 aliphatic carbocycles. The number of rotatable bonds is 7. The van der Waals surface area contributed by atoms with E-state index in [4.69, 9.17) is 4.74 Å². The number of pyridine rings is 1. The van der Waals surface area contributed by atoms with Crippen molar-refractivity contribution in [3.8, 4) is 11.4 Å². The number of hydrogen-bond acceptors (Lipinski definition) is 4. The Balaban J connectivity index is 1.49. The molecule has 1 atom stereocenters. The maximum absolute atomic E-state index is 14.3. The quantitative estimate of drug-likeness (QED) is 0.408. The SMILES string of the molecule is Cc1nn(-c2ccc(F)cc2F)c(C)c1C(=O)NC(C)c1cccc(OCc2ccccn2)c1. The molecule has 2 heterocycles. The van der Waals surface area contributed by atoms with Crippen molar-refractivity contribution < 1.29 is 18.3 Å². The number of carbonyl (C=O) groups excluding carboxylic acids is 1. The van der Waals surface area contributed by atoms with Gasteiger partial charge in [-0.1, -0.05) is 18.2 Å². The molecule has 2 aromatic heterocycles. The Morgan fingerprint density at radius 1 is 1.09 bits per heavy atom. The number of amides is 1. The number of nitrogens with one attached hydrogen (secondary N) is 1. The van der Waals surface area contributed by atoms with Crippen LogP contribution in [0.5, 0.6) is 5.75 Å². The summed E-state index contributed by atoms with van der Waals surface area (Å²) >= 11 is 0.